The Bertz CT molecular complexity index is 933. The molecule has 1 aliphatic carbocycles. The first-order valence-electron chi connectivity index (χ1n) is 10.2. The molecule has 0 fully saturated rings. The van der Waals surface area contributed by atoms with E-state index in [2.05, 4.69) is 17.0 Å². The van der Waals surface area contributed by atoms with Crippen LogP contribution in [0.5, 0.6) is 5.75 Å². The SMILES string of the molecule is CCCNS(=O)(=O)C1Cc2cc(Cl)ccc2C1NCc1ccccc1OCCC. The standard InChI is InChI=1S/C22H29ClN2O3S/c1-3-11-25-29(26,27)21-14-17-13-18(23)9-10-19(17)22(21)24-15-16-7-5-6-8-20(16)28-12-4-2/h5-10,13,21-22,24-25H,3-4,11-12,14-15H2,1-2H3. The van der Waals surface area contributed by atoms with E-state index in [1.54, 1.807) is 0 Å². The highest BCUT2D eigenvalue weighted by molar-refractivity contribution is 7.90. The number of rotatable bonds is 10. The summed E-state index contributed by atoms with van der Waals surface area (Å²) in [6.45, 7) is 5.64. The molecule has 0 aromatic heterocycles. The second-order valence-corrected chi connectivity index (χ2v) is 9.76. The van der Waals surface area contributed by atoms with E-state index in [9.17, 15) is 8.42 Å². The maximum atomic E-state index is 13.0. The maximum Gasteiger partial charge on any atom is 0.216 e. The minimum Gasteiger partial charge on any atom is -0.493 e. The van der Waals surface area contributed by atoms with Gasteiger partial charge in [0, 0.05) is 23.7 Å². The number of ether oxygens (including phenoxy) is 1. The summed E-state index contributed by atoms with van der Waals surface area (Å²) >= 11 is 6.16. The van der Waals surface area contributed by atoms with Gasteiger partial charge in [-0.1, -0.05) is 49.7 Å². The van der Waals surface area contributed by atoms with Gasteiger partial charge < -0.3 is 10.1 Å². The molecule has 0 bridgehead atoms. The average molecular weight is 437 g/mol. The molecule has 0 spiro atoms. The van der Waals surface area contributed by atoms with Crippen molar-refractivity contribution < 1.29 is 13.2 Å². The number of benzene rings is 2. The van der Waals surface area contributed by atoms with Gasteiger partial charge >= 0.3 is 0 Å². The third-order valence-corrected chi connectivity index (χ3v) is 7.21. The summed E-state index contributed by atoms with van der Waals surface area (Å²) in [7, 11) is -3.47. The summed E-state index contributed by atoms with van der Waals surface area (Å²) in [6.07, 6.45) is 2.13. The topological polar surface area (TPSA) is 67.4 Å². The summed E-state index contributed by atoms with van der Waals surface area (Å²) in [5.41, 5.74) is 2.99. The lowest BCUT2D eigenvalue weighted by molar-refractivity contribution is 0.312. The van der Waals surface area contributed by atoms with Gasteiger partial charge in [-0.2, -0.15) is 0 Å². The van der Waals surface area contributed by atoms with Crippen LogP contribution < -0.4 is 14.8 Å². The Labute approximate surface area is 178 Å². The van der Waals surface area contributed by atoms with E-state index in [1.807, 2.05) is 49.4 Å². The van der Waals surface area contributed by atoms with Gasteiger partial charge in [-0.15, -0.1) is 0 Å². The highest BCUT2D eigenvalue weighted by Gasteiger charge is 2.40. The minimum absolute atomic E-state index is 0.309. The van der Waals surface area contributed by atoms with E-state index in [1.165, 1.54) is 0 Å². The predicted molar refractivity (Wildman–Crippen MR) is 118 cm³/mol. The Morgan fingerprint density at radius 1 is 1.14 bits per heavy atom. The Hall–Kier alpha value is -1.60. The molecule has 0 amide bonds. The first-order valence-corrected chi connectivity index (χ1v) is 12.1. The molecule has 3 rings (SSSR count). The molecule has 2 N–H and O–H groups in total. The predicted octanol–water partition coefficient (Wildman–Crippen LogP) is 4.21. The van der Waals surface area contributed by atoms with E-state index < -0.39 is 15.3 Å². The first kappa shape index (κ1) is 22.1. The van der Waals surface area contributed by atoms with Crippen molar-refractivity contribution in [1.82, 2.24) is 10.0 Å². The van der Waals surface area contributed by atoms with Gasteiger partial charge in [0.1, 0.15) is 5.75 Å². The molecule has 0 radical (unpaired) electrons. The molecule has 5 nitrogen and oxygen atoms in total. The molecule has 2 aromatic rings. The molecule has 0 saturated carbocycles. The van der Waals surface area contributed by atoms with Crippen molar-refractivity contribution >= 4 is 21.6 Å². The third kappa shape index (κ3) is 5.31. The lowest BCUT2D eigenvalue weighted by atomic mass is 10.1. The minimum atomic E-state index is -3.47. The molecule has 0 heterocycles. The summed E-state index contributed by atoms with van der Waals surface area (Å²) < 4.78 is 34.5. The van der Waals surface area contributed by atoms with Crippen molar-refractivity contribution in [2.45, 2.75) is 50.9 Å². The van der Waals surface area contributed by atoms with E-state index in [4.69, 9.17) is 16.3 Å². The number of para-hydroxylation sites is 1. The van der Waals surface area contributed by atoms with Crippen LogP contribution in [0.1, 0.15) is 49.4 Å². The number of sulfonamides is 1. The quantitative estimate of drug-likeness (QED) is 0.585. The van der Waals surface area contributed by atoms with Gasteiger partial charge in [0.25, 0.3) is 0 Å². The number of nitrogens with one attached hydrogen (secondary N) is 2. The lowest BCUT2D eigenvalue weighted by Crippen LogP contribution is -2.41. The molecule has 29 heavy (non-hydrogen) atoms. The van der Waals surface area contributed by atoms with E-state index >= 15 is 0 Å². The Kier molecular flexibility index (Phi) is 7.57. The third-order valence-electron chi connectivity index (χ3n) is 5.13. The zero-order chi connectivity index (χ0) is 20.9. The van der Waals surface area contributed by atoms with Gasteiger partial charge in [0.05, 0.1) is 17.9 Å². The van der Waals surface area contributed by atoms with Crippen LogP contribution in [-0.4, -0.2) is 26.8 Å². The van der Waals surface area contributed by atoms with Gasteiger partial charge in [-0.25, -0.2) is 13.1 Å². The molecule has 0 aliphatic heterocycles. The second kappa shape index (κ2) is 9.94. The molecule has 7 heteroatoms. The summed E-state index contributed by atoms with van der Waals surface area (Å²) in [4.78, 5) is 0. The molecular formula is C22H29ClN2O3S. The van der Waals surface area contributed by atoms with Crippen LogP contribution in [0.2, 0.25) is 5.02 Å². The van der Waals surface area contributed by atoms with Crippen molar-refractivity contribution in [3.8, 4) is 5.75 Å². The summed E-state index contributed by atoms with van der Waals surface area (Å²) in [6, 6.07) is 13.2. The number of hydrogen-bond donors (Lipinski definition) is 2. The van der Waals surface area contributed by atoms with Crippen LogP contribution >= 0.6 is 11.6 Å². The van der Waals surface area contributed by atoms with E-state index in [0.717, 1.165) is 35.3 Å². The molecule has 158 valence electrons. The maximum absolute atomic E-state index is 13.0. The fraction of sp³-hybridized carbons (Fsp3) is 0.455. The van der Waals surface area contributed by atoms with Gasteiger partial charge in [0.15, 0.2) is 0 Å². The largest absolute Gasteiger partial charge is 0.493 e. The highest BCUT2D eigenvalue weighted by atomic mass is 35.5. The highest BCUT2D eigenvalue weighted by Crippen LogP contribution is 2.37. The van der Waals surface area contributed by atoms with Gasteiger partial charge in [0.2, 0.25) is 10.0 Å². The van der Waals surface area contributed by atoms with Crippen LogP contribution in [0.4, 0.5) is 0 Å². The summed E-state index contributed by atoms with van der Waals surface area (Å²) in [5.74, 6) is 0.833. The molecule has 2 atom stereocenters. The van der Waals surface area contributed by atoms with E-state index in [-0.39, 0.29) is 6.04 Å². The molecule has 2 aromatic carbocycles. The zero-order valence-electron chi connectivity index (χ0n) is 16.9. The zero-order valence-corrected chi connectivity index (χ0v) is 18.5. The number of fused-ring (bicyclic) bond motifs is 1. The fourth-order valence-corrected chi connectivity index (χ4v) is 5.59. The smallest absolute Gasteiger partial charge is 0.216 e. The molecule has 2 unspecified atom stereocenters. The number of hydrogen-bond acceptors (Lipinski definition) is 4. The van der Waals surface area contributed by atoms with Crippen LogP contribution in [0.3, 0.4) is 0 Å². The fourth-order valence-electron chi connectivity index (χ4n) is 3.69. The van der Waals surface area contributed by atoms with Crippen molar-refractivity contribution in [1.29, 1.82) is 0 Å². The van der Waals surface area contributed by atoms with Crippen LogP contribution in [0, 0.1) is 0 Å². The number of halogens is 1. The van der Waals surface area contributed by atoms with E-state index in [0.29, 0.717) is 31.1 Å². The van der Waals surface area contributed by atoms with Gasteiger partial charge in [-0.05, 0) is 48.6 Å². The van der Waals surface area contributed by atoms with Crippen molar-refractivity contribution in [3.05, 3.63) is 64.2 Å². The van der Waals surface area contributed by atoms with Crippen molar-refractivity contribution in [3.63, 3.8) is 0 Å². The molecule has 1 aliphatic rings. The van der Waals surface area contributed by atoms with Crippen molar-refractivity contribution in [2.75, 3.05) is 13.2 Å². The Balaban J connectivity index is 1.84. The van der Waals surface area contributed by atoms with Gasteiger partial charge in [-0.3, -0.25) is 0 Å². The summed E-state index contributed by atoms with van der Waals surface area (Å²) in [5, 5.41) is 3.53. The molecule has 0 saturated heterocycles. The monoisotopic (exact) mass is 436 g/mol. The average Bonchev–Trinajstić information content (AvgIpc) is 3.08. The molecular weight excluding hydrogens is 408 g/mol. The lowest BCUT2D eigenvalue weighted by Gasteiger charge is -2.23. The first-order chi connectivity index (χ1) is 14.0. The van der Waals surface area contributed by atoms with Crippen LogP contribution in [0.25, 0.3) is 0 Å². The Morgan fingerprint density at radius 3 is 2.69 bits per heavy atom. The Morgan fingerprint density at radius 2 is 1.93 bits per heavy atom. The normalized spacial score (nSPS) is 18.6. The van der Waals surface area contributed by atoms with Crippen LogP contribution in [0.15, 0.2) is 42.5 Å². The van der Waals surface area contributed by atoms with Crippen molar-refractivity contribution in [2.24, 2.45) is 0 Å². The second-order valence-electron chi connectivity index (χ2n) is 7.34. The van der Waals surface area contributed by atoms with Crippen LogP contribution in [-0.2, 0) is 23.0 Å².